The molecule has 1 N–H and O–H groups in total. The van der Waals surface area contributed by atoms with Crippen molar-refractivity contribution in [2.24, 2.45) is 9.98 Å². The van der Waals surface area contributed by atoms with Gasteiger partial charge >= 0.3 is 11.8 Å². The summed E-state index contributed by atoms with van der Waals surface area (Å²) in [5.74, 6) is -1.98. The molecular weight excluding hydrogens is 318 g/mol. The number of benzene rings is 2. The molecule has 3 rings (SSSR count). The second kappa shape index (κ2) is 5.40. The molecule has 0 unspecified atom stereocenters. The first-order valence-electron chi connectivity index (χ1n) is 6.60. The first-order valence-corrected chi connectivity index (χ1v) is 8.09. The predicted octanol–water partition coefficient (Wildman–Crippen LogP) is 0.102. The van der Waals surface area contributed by atoms with Crippen molar-refractivity contribution in [1.29, 1.82) is 0 Å². The number of fused-ring (bicyclic) bond motifs is 1. The maximum absolute atomic E-state index is 12.4. The topological polar surface area (TPSA) is 105 Å². The molecule has 0 atom stereocenters. The van der Waals surface area contributed by atoms with E-state index in [2.05, 4.69) is 14.7 Å². The summed E-state index contributed by atoms with van der Waals surface area (Å²) >= 11 is 0. The summed E-state index contributed by atoms with van der Waals surface area (Å²) in [6.45, 7) is 1.85. The third kappa shape index (κ3) is 3.02. The van der Waals surface area contributed by atoms with Gasteiger partial charge in [0.1, 0.15) is 0 Å². The summed E-state index contributed by atoms with van der Waals surface area (Å²) in [7, 11) is -3.84. The lowest BCUT2D eigenvalue weighted by atomic mass is 10.2. The molecule has 0 bridgehead atoms. The quantitative estimate of drug-likeness (QED) is 0.806. The fourth-order valence-corrected chi connectivity index (χ4v) is 3.16. The highest BCUT2D eigenvalue weighted by Crippen LogP contribution is 2.15. The van der Waals surface area contributed by atoms with Crippen LogP contribution in [0.25, 0.3) is 0 Å². The van der Waals surface area contributed by atoms with E-state index in [1.165, 1.54) is 18.2 Å². The third-order valence-electron chi connectivity index (χ3n) is 3.15. The fourth-order valence-electron chi connectivity index (χ4n) is 2.09. The summed E-state index contributed by atoms with van der Waals surface area (Å²) in [6.07, 6.45) is 0. The summed E-state index contributed by atoms with van der Waals surface area (Å²) < 4.78 is 27.3. The summed E-state index contributed by atoms with van der Waals surface area (Å²) in [5.41, 5.74) is 1.34. The van der Waals surface area contributed by atoms with Gasteiger partial charge in [0.05, 0.1) is 15.6 Å². The maximum Gasteiger partial charge on any atom is 0.338 e. The van der Waals surface area contributed by atoms with Crippen LogP contribution in [0.2, 0.25) is 0 Å². The lowest BCUT2D eigenvalue weighted by molar-refractivity contribution is -0.135. The number of carbonyl (C=O) groups excluding carboxylic acids is 2. The number of nitrogens with one attached hydrogen (secondary N) is 1. The lowest BCUT2D eigenvalue weighted by Gasteiger charge is -2.09. The number of rotatable bonds is 3. The van der Waals surface area contributed by atoms with E-state index >= 15 is 0 Å². The average Bonchev–Trinajstić information content (AvgIpc) is 2.47. The highest BCUT2D eigenvalue weighted by molar-refractivity contribution is 7.92. The lowest BCUT2D eigenvalue weighted by Crippen LogP contribution is -2.35. The van der Waals surface area contributed by atoms with Crippen molar-refractivity contribution in [2.75, 3.05) is 4.72 Å². The van der Waals surface area contributed by atoms with Gasteiger partial charge in [-0.25, -0.2) is 18.4 Å². The Morgan fingerprint density at radius 2 is 1.61 bits per heavy atom. The molecule has 2 aromatic carbocycles. The van der Waals surface area contributed by atoms with Crippen molar-refractivity contribution in [3.8, 4) is 0 Å². The summed E-state index contributed by atoms with van der Waals surface area (Å²) in [4.78, 5) is 29.5. The molecule has 0 fully saturated rings. The smallest absolute Gasteiger partial charge is 0.280 e. The molecule has 1 aliphatic heterocycles. The number of aryl methyl sites for hydroxylation is 1. The molecule has 1 aliphatic rings. The van der Waals surface area contributed by atoms with E-state index in [4.69, 9.17) is 0 Å². The summed E-state index contributed by atoms with van der Waals surface area (Å²) in [6, 6.07) is 10.8. The molecule has 0 aliphatic carbocycles. The van der Waals surface area contributed by atoms with Gasteiger partial charge in [-0.15, -0.1) is 0 Å². The molecule has 0 saturated carbocycles. The van der Waals surface area contributed by atoms with Crippen molar-refractivity contribution in [2.45, 2.75) is 11.8 Å². The first kappa shape index (κ1) is 15.0. The maximum atomic E-state index is 12.4. The zero-order valence-electron chi connectivity index (χ0n) is 12.0. The number of hydrogen-bond acceptors (Lipinski definition) is 4. The second-order valence-electron chi connectivity index (χ2n) is 4.96. The number of carbonyl (C=O) groups is 2. The molecule has 0 saturated heterocycles. The number of anilines is 1. The van der Waals surface area contributed by atoms with Crippen LogP contribution in [-0.2, 0) is 19.6 Å². The number of sulfonamides is 1. The Morgan fingerprint density at radius 3 is 2.30 bits per heavy atom. The second-order valence-corrected chi connectivity index (χ2v) is 6.64. The largest absolute Gasteiger partial charge is 0.338 e. The van der Waals surface area contributed by atoms with Gasteiger partial charge in [0.15, 0.2) is 0 Å². The molecule has 0 radical (unpaired) electrons. The number of amides is 2. The number of nitrogens with zero attached hydrogens (tertiary/aromatic N) is 2. The van der Waals surface area contributed by atoms with E-state index in [9.17, 15) is 18.0 Å². The van der Waals surface area contributed by atoms with Crippen LogP contribution in [0.3, 0.4) is 0 Å². The van der Waals surface area contributed by atoms with Crippen LogP contribution < -0.4 is 15.4 Å². The van der Waals surface area contributed by atoms with E-state index in [0.29, 0.717) is 5.69 Å². The van der Waals surface area contributed by atoms with Gasteiger partial charge in [-0.2, -0.15) is 0 Å². The molecule has 116 valence electrons. The third-order valence-corrected chi connectivity index (χ3v) is 4.53. The fraction of sp³-hybridized carbons (Fsp3) is 0.0667. The van der Waals surface area contributed by atoms with Crippen LogP contribution in [-0.4, -0.2) is 20.2 Å². The van der Waals surface area contributed by atoms with Gasteiger partial charge in [-0.1, -0.05) is 12.1 Å². The molecule has 0 aromatic heterocycles. The van der Waals surface area contributed by atoms with E-state index in [1.807, 2.05) is 13.0 Å². The standard InChI is InChI=1S/C15H11N3O4S/c1-9-3-2-4-10(7-9)18-23(21,22)11-5-6-12-13(8-11)17-15(20)14(19)16-12/h2-8,18H,1H3. The summed E-state index contributed by atoms with van der Waals surface area (Å²) in [5, 5.41) is 0.228. The van der Waals surface area contributed by atoms with Gasteiger partial charge < -0.3 is 0 Å². The first-order chi connectivity index (χ1) is 10.8. The predicted molar refractivity (Wildman–Crippen MR) is 80.8 cm³/mol. The Balaban J connectivity index is 2.04. The minimum absolute atomic E-state index is 0.0571. The molecule has 0 spiro atoms. The van der Waals surface area contributed by atoms with E-state index < -0.39 is 21.8 Å². The Hall–Kier alpha value is -2.87. The van der Waals surface area contributed by atoms with Crippen LogP contribution in [0, 0.1) is 6.92 Å². The number of hydrogen-bond donors (Lipinski definition) is 1. The minimum Gasteiger partial charge on any atom is -0.280 e. The van der Waals surface area contributed by atoms with Crippen LogP contribution in [0.5, 0.6) is 0 Å². The molecule has 2 amide bonds. The normalized spacial score (nSPS) is 13.8. The van der Waals surface area contributed by atoms with Crippen molar-refractivity contribution in [3.05, 3.63) is 58.7 Å². The van der Waals surface area contributed by atoms with Crippen molar-refractivity contribution >= 4 is 27.5 Å². The molecule has 8 heteroatoms. The molecular formula is C15H11N3O4S. The minimum atomic E-state index is -3.84. The average molecular weight is 329 g/mol. The Labute approximate surface area is 131 Å². The van der Waals surface area contributed by atoms with E-state index in [0.717, 1.165) is 5.56 Å². The van der Waals surface area contributed by atoms with Crippen LogP contribution in [0.15, 0.2) is 57.3 Å². The Bertz CT molecular complexity index is 1060. The van der Waals surface area contributed by atoms with Crippen molar-refractivity contribution < 1.29 is 18.0 Å². The van der Waals surface area contributed by atoms with Gasteiger partial charge in [0.2, 0.25) is 0 Å². The van der Waals surface area contributed by atoms with E-state index in [1.54, 1.807) is 18.2 Å². The van der Waals surface area contributed by atoms with Crippen molar-refractivity contribution in [1.82, 2.24) is 0 Å². The van der Waals surface area contributed by atoms with Crippen LogP contribution >= 0.6 is 0 Å². The Morgan fingerprint density at radius 1 is 0.913 bits per heavy atom. The molecule has 23 heavy (non-hydrogen) atoms. The van der Waals surface area contributed by atoms with Gasteiger partial charge in [0, 0.05) is 5.69 Å². The van der Waals surface area contributed by atoms with Crippen LogP contribution in [0.1, 0.15) is 5.56 Å². The Kier molecular flexibility index (Phi) is 3.53. The van der Waals surface area contributed by atoms with Gasteiger partial charge in [-0.3, -0.25) is 14.3 Å². The van der Waals surface area contributed by atoms with Gasteiger partial charge in [0.25, 0.3) is 10.0 Å². The van der Waals surface area contributed by atoms with Gasteiger partial charge in [-0.05, 0) is 42.8 Å². The molecule has 2 aromatic rings. The monoisotopic (exact) mass is 329 g/mol. The zero-order chi connectivity index (χ0) is 16.6. The SMILES string of the molecule is Cc1cccc(NS(=O)(=O)c2ccc3c(c2)=NC(=O)C(=O)N=3)c1. The molecule has 1 heterocycles. The van der Waals surface area contributed by atoms with Crippen molar-refractivity contribution in [3.63, 3.8) is 0 Å². The molecule has 7 nitrogen and oxygen atoms in total. The zero-order valence-corrected chi connectivity index (χ0v) is 12.8. The highest BCUT2D eigenvalue weighted by Gasteiger charge is 2.19. The highest BCUT2D eigenvalue weighted by atomic mass is 32.2. The van der Waals surface area contributed by atoms with E-state index in [-0.39, 0.29) is 15.6 Å². The van der Waals surface area contributed by atoms with Crippen LogP contribution in [0.4, 0.5) is 5.69 Å².